The van der Waals surface area contributed by atoms with E-state index in [1.54, 1.807) is 33.9 Å². The fourth-order valence-corrected chi connectivity index (χ4v) is 4.58. The van der Waals surface area contributed by atoms with Crippen molar-refractivity contribution in [3.63, 3.8) is 0 Å². The summed E-state index contributed by atoms with van der Waals surface area (Å²) in [5.74, 6) is 0.621. The average molecular weight is 436 g/mol. The van der Waals surface area contributed by atoms with Gasteiger partial charge in [-0.15, -0.1) is 0 Å². The number of para-hydroxylation sites is 2. The first-order valence-electron chi connectivity index (χ1n) is 11.0. The Morgan fingerprint density at radius 1 is 1.12 bits per heavy atom. The molecule has 2 aliphatic heterocycles. The summed E-state index contributed by atoms with van der Waals surface area (Å²) in [6.07, 6.45) is 1.13. The molecular weight excluding hydrogens is 406 g/mol. The number of carbonyl (C=O) groups excluding carboxylic acids is 3. The van der Waals surface area contributed by atoms with Gasteiger partial charge in [0, 0.05) is 26.4 Å². The van der Waals surface area contributed by atoms with Crippen LogP contribution in [0, 0.1) is 6.92 Å². The number of amides is 3. The zero-order chi connectivity index (χ0) is 22.9. The van der Waals surface area contributed by atoms with Gasteiger partial charge < -0.3 is 14.5 Å². The van der Waals surface area contributed by atoms with E-state index in [1.165, 1.54) is 0 Å². The number of nitrogens with zero attached hydrogens (tertiary/aromatic N) is 3. The molecule has 1 atom stereocenters. The summed E-state index contributed by atoms with van der Waals surface area (Å²) in [5.41, 5.74) is 1.48. The minimum Gasteiger partial charge on any atom is -0.491 e. The predicted molar refractivity (Wildman–Crippen MR) is 122 cm³/mol. The third kappa shape index (κ3) is 3.83. The molecule has 1 saturated heterocycles. The zero-order valence-corrected chi connectivity index (χ0v) is 18.8. The molecular formula is C25H29N3O4. The number of benzene rings is 2. The quantitative estimate of drug-likeness (QED) is 0.670. The van der Waals surface area contributed by atoms with Gasteiger partial charge in [0.1, 0.15) is 18.0 Å². The Morgan fingerprint density at radius 2 is 1.84 bits per heavy atom. The van der Waals surface area contributed by atoms with Crippen LogP contribution in [0.5, 0.6) is 5.75 Å². The second-order valence-electron chi connectivity index (χ2n) is 8.60. The van der Waals surface area contributed by atoms with E-state index < -0.39 is 5.66 Å². The predicted octanol–water partition coefficient (Wildman–Crippen LogP) is 3.22. The number of ether oxygens (including phenoxy) is 1. The molecule has 7 nitrogen and oxygen atoms in total. The lowest BCUT2D eigenvalue weighted by molar-refractivity contribution is -0.130. The molecule has 2 aromatic rings. The van der Waals surface area contributed by atoms with Gasteiger partial charge in [-0.25, -0.2) is 0 Å². The van der Waals surface area contributed by atoms with Crippen LogP contribution in [0.1, 0.15) is 42.1 Å². The number of fused-ring (bicyclic) bond motifs is 3. The van der Waals surface area contributed by atoms with Crippen LogP contribution in [0.3, 0.4) is 0 Å². The van der Waals surface area contributed by atoms with Crippen molar-refractivity contribution >= 4 is 23.4 Å². The maximum absolute atomic E-state index is 13.3. The van der Waals surface area contributed by atoms with Crippen LogP contribution >= 0.6 is 0 Å². The molecule has 4 rings (SSSR count). The third-order valence-electron chi connectivity index (χ3n) is 6.50. The number of likely N-dealkylation sites (N-methyl/N-ethyl adjacent to an activating group) is 1. The van der Waals surface area contributed by atoms with Crippen molar-refractivity contribution in [2.24, 2.45) is 0 Å². The Hall–Kier alpha value is -3.35. The van der Waals surface area contributed by atoms with Gasteiger partial charge in [-0.3, -0.25) is 19.3 Å². The van der Waals surface area contributed by atoms with Gasteiger partial charge in [-0.2, -0.15) is 0 Å². The Kier molecular flexibility index (Phi) is 5.91. The van der Waals surface area contributed by atoms with E-state index in [9.17, 15) is 14.4 Å². The lowest BCUT2D eigenvalue weighted by Gasteiger charge is -2.48. The van der Waals surface area contributed by atoms with Crippen LogP contribution in [-0.2, 0) is 9.59 Å². The largest absolute Gasteiger partial charge is 0.491 e. The number of anilines is 1. The molecule has 0 radical (unpaired) electrons. The summed E-state index contributed by atoms with van der Waals surface area (Å²) in [6.45, 7) is 5.00. The first kappa shape index (κ1) is 21.9. The van der Waals surface area contributed by atoms with Gasteiger partial charge >= 0.3 is 0 Å². The SMILES string of the molecule is Cc1ccccc1OCCN(C)C(=O)CCN1C(=O)c2ccccc2N2C(=O)CCC12C. The number of hydrogen-bond donors (Lipinski definition) is 0. The molecule has 0 spiro atoms. The molecule has 168 valence electrons. The second kappa shape index (κ2) is 8.65. The van der Waals surface area contributed by atoms with Gasteiger partial charge in [-0.05, 0) is 44.0 Å². The number of carbonyl (C=O) groups is 3. The van der Waals surface area contributed by atoms with Crippen LogP contribution in [0.15, 0.2) is 48.5 Å². The fraction of sp³-hybridized carbons (Fsp3) is 0.400. The summed E-state index contributed by atoms with van der Waals surface area (Å²) in [5, 5.41) is 0. The fourth-order valence-electron chi connectivity index (χ4n) is 4.58. The van der Waals surface area contributed by atoms with Gasteiger partial charge in [0.2, 0.25) is 11.8 Å². The minimum atomic E-state index is -0.741. The van der Waals surface area contributed by atoms with E-state index in [2.05, 4.69) is 0 Å². The number of aryl methyl sites for hydroxylation is 1. The molecule has 0 N–H and O–H groups in total. The summed E-state index contributed by atoms with van der Waals surface area (Å²) in [6, 6.07) is 15.0. The van der Waals surface area contributed by atoms with E-state index in [1.807, 2.05) is 50.2 Å². The average Bonchev–Trinajstić information content (AvgIpc) is 3.09. The van der Waals surface area contributed by atoms with Crippen LogP contribution in [-0.4, -0.2) is 59.9 Å². The Labute approximate surface area is 188 Å². The maximum Gasteiger partial charge on any atom is 0.257 e. The van der Waals surface area contributed by atoms with Crippen molar-refractivity contribution in [3.8, 4) is 5.75 Å². The van der Waals surface area contributed by atoms with E-state index in [4.69, 9.17) is 4.74 Å². The Morgan fingerprint density at radius 3 is 2.62 bits per heavy atom. The second-order valence-corrected chi connectivity index (χ2v) is 8.60. The summed E-state index contributed by atoms with van der Waals surface area (Å²) in [4.78, 5) is 43.7. The molecule has 2 heterocycles. The van der Waals surface area contributed by atoms with Gasteiger partial charge in [-0.1, -0.05) is 30.3 Å². The summed E-state index contributed by atoms with van der Waals surface area (Å²) < 4.78 is 5.79. The first-order valence-corrected chi connectivity index (χ1v) is 11.0. The lowest BCUT2D eigenvalue weighted by atomic mass is 9.98. The minimum absolute atomic E-state index is 0.00856. The Bertz CT molecular complexity index is 1050. The molecule has 0 saturated carbocycles. The van der Waals surface area contributed by atoms with Crippen molar-refractivity contribution in [2.75, 3.05) is 31.6 Å². The molecule has 0 aromatic heterocycles. The van der Waals surface area contributed by atoms with Gasteiger partial charge in [0.05, 0.1) is 17.8 Å². The molecule has 0 aliphatic carbocycles. The first-order chi connectivity index (χ1) is 15.3. The summed E-state index contributed by atoms with van der Waals surface area (Å²) >= 11 is 0. The highest BCUT2D eigenvalue weighted by Crippen LogP contribution is 2.43. The van der Waals surface area contributed by atoms with Crippen LogP contribution in [0.2, 0.25) is 0 Å². The van der Waals surface area contributed by atoms with Crippen molar-refractivity contribution in [2.45, 2.75) is 38.8 Å². The molecule has 7 heteroatoms. The number of rotatable bonds is 7. The molecule has 0 bridgehead atoms. The Balaban J connectivity index is 1.39. The van der Waals surface area contributed by atoms with Crippen LogP contribution < -0.4 is 9.64 Å². The van der Waals surface area contributed by atoms with Crippen molar-refractivity contribution in [1.29, 1.82) is 0 Å². The maximum atomic E-state index is 13.3. The van der Waals surface area contributed by atoms with E-state index >= 15 is 0 Å². The molecule has 32 heavy (non-hydrogen) atoms. The standard InChI is InChI=1S/C25H29N3O4/c1-18-8-4-7-11-21(18)32-17-16-26(3)22(29)13-15-27-24(31)19-9-5-6-10-20(19)28-23(30)12-14-25(27,28)2/h4-11H,12-17H2,1-3H3. The summed E-state index contributed by atoms with van der Waals surface area (Å²) in [7, 11) is 1.74. The van der Waals surface area contributed by atoms with Crippen molar-refractivity contribution in [3.05, 3.63) is 59.7 Å². The van der Waals surface area contributed by atoms with E-state index in [-0.39, 0.29) is 30.7 Å². The lowest BCUT2D eigenvalue weighted by Crippen LogP contribution is -2.62. The molecule has 1 fully saturated rings. The smallest absolute Gasteiger partial charge is 0.257 e. The zero-order valence-electron chi connectivity index (χ0n) is 18.8. The highest BCUT2D eigenvalue weighted by Gasteiger charge is 2.52. The van der Waals surface area contributed by atoms with Gasteiger partial charge in [0.25, 0.3) is 5.91 Å². The van der Waals surface area contributed by atoms with E-state index in [0.717, 1.165) is 11.3 Å². The molecule has 2 aliphatic rings. The molecule has 1 unspecified atom stereocenters. The highest BCUT2D eigenvalue weighted by molar-refractivity contribution is 6.10. The van der Waals surface area contributed by atoms with E-state index in [0.29, 0.717) is 37.2 Å². The molecule has 2 aromatic carbocycles. The van der Waals surface area contributed by atoms with Crippen molar-refractivity contribution in [1.82, 2.24) is 9.80 Å². The van der Waals surface area contributed by atoms with Gasteiger partial charge in [0.15, 0.2) is 0 Å². The number of hydrogen-bond acceptors (Lipinski definition) is 4. The van der Waals surface area contributed by atoms with Crippen molar-refractivity contribution < 1.29 is 19.1 Å². The van der Waals surface area contributed by atoms with Crippen LogP contribution in [0.4, 0.5) is 5.69 Å². The normalized spacial score (nSPS) is 19.6. The van der Waals surface area contributed by atoms with Crippen LogP contribution in [0.25, 0.3) is 0 Å². The molecule has 3 amide bonds. The topological polar surface area (TPSA) is 70.2 Å². The monoisotopic (exact) mass is 435 g/mol. The highest BCUT2D eigenvalue weighted by atomic mass is 16.5. The third-order valence-corrected chi connectivity index (χ3v) is 6.50.